The number of benzene rings is 1. The fourth-order valence-electron chi connectivity index (χ4n) is 2.83. The average molecular weight is 315 g/mol. The molecule has 8 nitrogen and oxygen atoms in total. The number of piperidine rings is 1. The molecule has 2 N–H and O–H groups in total. The number of aromatic nitrogens is 4. The molecule has 1 aromatic heterocycles. The SMILES string of the molecule is CN1CCC[C@@H](CNC(=O)Nc2ccc(-n3cnnn3)cc2)C1. The van der Waals surface area contributed by atoms with Crippen molar-refractivity contribution in [2.24, 2.45) is 5.92 Å². The fourth-order valence-corrected chi connectivity index (χ4v) is 2.83. The van der Waals surface area contributed by atoms with E-state index in [1.165, 1.54) is 19.2 Å². The summed E-state index contributed by atoms with van der Waals surface area (Å²) in [7, 11) is 2.12. The van der Waals surface area contributed by atoms with Gasteiger partial charge in [-0.2, -0.15) is 0 Å². The number of carbonyl (C=O) groups is 1. The zero-order valence-electron chi connectivity index (χ0n) is 13.1. The lowest BCUT2D eigenvalue weighted by atomic mass is 9.99. The van der Waals surface area contributed by atoms with Gasteiger partial charge < -0.3 is 15.5 Å². The average Bonchev–Trinajstić information content (AvgIpc) is 3.08. The largest absolute Gasteiger partial charge is 0.338 e. The number of hydrogen-bond donors (Lipinski definition) is 2. The maximum Gasteiger partial charge on any atom is 0.319 e. The molecule has 1 fully saturated rings. The van der Waals surface area contributed by atoms with E-state index in [4.69, 9.17) is 0 Å². The number of carbonyl (C=O) groups excluding carboxylic acids is 1. The maximum absolute atomic E-state index is 12.0. The second kappa shape index (κ2) is 7.19. The van der Waals surface area contributed by atoms with E-state index in [9.17, 15) is 4.79 Å². The number of urea groups is 1. The molecule has 0 spiro atoms. The summed E-state index contributed by atoms with van der Waals surface area (Å²) in [5, 5.41) is 16.8. The molecule has 1 aliphatic heterocycles. The van der Waals surface area contributed by atoms with Crippen molar-refractivity contribution in [1.82, 2.24) is 30.4 Å². The molecule has 2 amide bonds. The summed E-state index contributed by atoms with van der Waals surface area (Å²) in [4.78, 5) is 14.3. The Bertz CT molecular complexity index is 626. The summed E-state index contributed by atoms with van der Waals surface area (Å²) in [5.41, 5.74) is 1.58. The van der Waals surface area contributed by atoms with Crippen molar-refractivity contribution in [3.05, 3.63) is 30.6 Å². The van der Waals surface area contributed by atoms with E-state index in [1.807, 2.05) is 24.3 Å². The predicted molar refractivity (Wildman–Crippen MR) is 86.4 cm³/mol. The van der Waals surface area contributed by atoms with E-state index in [0.717, 1.165) is 24.5 Å². The third kappa shape index (κ3) is 4.26. The molecule has 0 aliphatic carbocycles. The molecule has 23 heavy (non-hydrogen) atoms. The van der Waals surface area contributed by atoms with Crippen LogP contribution in [0.5, 0.6) is 0 Å². The van der Waals surface area contributed by atoms with Gasteiger partial charge in [0.25, 0.3) is 0 Å². The van der Waals surface area contributed by atoms with Crippen molar-refractivity contribution in [2.75, 3.05) is 32.0 Å². The molecule has 0 bridgehead atoms. The third-order valence-corrected chi connectivity index (χ3v) is 4.01. The number of anilines is 1. The lowest BCUT2D eigenvalue weighted by Gasteiger charge is -2.29. The Morgan fingerprint density at radius 2 is 2.17 bits per heavy atom. The highest BCUT2D eigenvalue weighted by Crippen LogP contribution is 2.14. The summed E-state index contributed by atoms with van der Waals surface area (Å²) in [6, 6.07) is 7.17. The van der Waals surface area contributed by atoms with Gasteiger partial charge in [0.1, 0.15) is 6.33 Å². The monoisotopic (exact) mass is 315 g/mol. The molecule has 2 aromatic rings. The van der Waals surface area contributed by atoms with Crippen LogP contribution in [0.2, 0.25) is 0 Å². The Morgan fingerprint density at radius 1 is 1.35 bits per heavy atom. The third-order valence-electron chi connectivity index (χ3n) is 4.01. The number of rotatable bonds is 4. The second-order valence-electron chi connectivity index (χ2n) is 5.91. The molecule has 1 aliphatic rings. The zero-order valence-corrected chi connectivity index (χ0v) is 13.1. The van der Waals surface area contributed by atoms with Crippen LogP contribution in [-0.2, 0) is 0 Å². The fraction of sp³-hybridized carbons (Fsp3) is 0.467. The van der Waals surface area contributed by atoms with Crippen LogP contribution in [0.4, 0.5) is 10.5 Å². The van der Waals surface area contributed by atoms with Crippen LogP contribution < -0.4 is 10.6 Å². The van der Waals surface area contributed by atoms with Gasteiger partial charge in [0.2, 0.25) is 0 Å². The van der Waals surface area contributed by atoms with Crippen molar-refractivity contribution in [3.8, 4) is 5.69 Å². The van der Waals surface area contributed by atoms with E-state index in [-0.39, 0.29) is 6.03 Å². The summed E-state index contributed by atoms with van der Waals surface area (Å²) < 4.78 is 1.56. The molecular formula is C15H21N7O. The van der Waals surface area contributed by atoms with E-state index < -0.39 is 0 Å². The Balaban J connectivity index is 1.48. The van der Waals surface area contributed by atoms with E-state index in [2.05, 4.69) is 38.1 Å². The predicted octanol–water partition coefficient (Wildman–Crippen LogP) is 1.13. The van der Waals surface area contributed by atoms with Crippen molar-refractivity contribution < 1.29 is 4.79 Å². The van der Waals surface area contributed by atoms with Gasteiger partial charge >= 0.3 is 6.03 Å². The lowest BCUT2D eigenvalue weighted by molar-refractivity contribution is 0.204. The number of nitrogens with one attached hydrogen (secondary N) is 2. The number of amides is 2. The molecule has 1 atom stereocenters. The number of nitrogens with zero attached hydrogens (tertiary/aromatic N) is 5. The Labute approximate surface area is 134 Å². The first-order valence-electron chi connectivity index (χ1n) is 7.77. The highest BCUT2D eigenvalue weighted by Gasteiger charge is 2.17. The van der Waals surface area contributed by atoms with Crippen LogP contribution in [-0.4, -0.2) is 57.8 Å². The first-order valence-corrected chi connectivity index (χ1v) is 7.77. The van der Waals surface area contributed by atoms with E-state index >= 15 is 0 Å². The summed E-state index contributed by atoms with van der Waals surface area (Å²) in [6.45, 7) is 2.90. The van der Waals surface area contributed by atoms with Gasteiger partial charge in [-0.3, -0.25) is 0 Å². The molecule has 0 radical (unpaired) electrons. The molecule has 1 aromatic carbocycles. The van der Waals surface area contributed by atoms with E-state index in [0.29, 0.717) is 12.5 Å². The standard InChI is InChI=1S/C15H21N7O/c1-21-8-2-3-12(10-21)9-16-15(23)18-13-4-6-14(7-5-13)22-11-17-19-20-22/h4-7,11-12H,2-3,8-10H2,1H3,(H2,16,18,23)/t12-/m0/s1. The first kappa shape index (κ1) is 15.4. The normalized spacial score (nSPS) is 18.6. The van der Waals surface area contributed by atoms with Gasteiger partial charge in [-0.15, -0.1) is 5.10 Å². The molecule has 2 heterocycles. The van der Waals surface area contributed by atoms with Crippen LogP contribution >= 0.6 is 0 Å². The van der Waals surface area contributed by atoms with Gasteiger partial charge in [0, 0.05) is 18.8 Å². The highest BCUT2D eigenvalue weighted by molar-refractivity contribution is 5.89. The van der Waals surface area contributed by atoms with Crippen LogP contribution in [0.1, 0.15) is 12.8 Å². The van der Waals surface area contributed by atoms with Gasteiger partial charge in [0.05, 0.1) is 5.69 Å². The van der Waals surface area contributed by atoms with Crippen molar-refractivity contribution in [2.45, 2.75) is 12.8 Å². The number of likely N-dealkylation sites (tertiary alicyclic amines) is 1. The smallest absolute Gasteiger partial charge is 0.319 e. The van der Waals surface area contributed by atoms with Crippen LogP contribution in [0.25, 0.3) is 5.69 Å². The molecule has 0 saturated carbocycles. The van der Waals surface area contributed by atoms with Gasteiger partial charge in [-0.1, -0.05) is 0 Å². The van der Waals surface area contributed by atoms with Crippen LogP contribution in [0.15, 0.2) is 30.6 Å². The molecule has 1 saturated heterocycles. The minimum absolute atomic E-state index is 0.173. The van der Waals surface area contributed by atoms with E-state index in [1.54, 1.807) is 4.68 Å². The van der Waals surface area contributed by atoms with Gasteiger partial charge in [-0.05, 0) is 67.0 Å². The molecule has 122 valence electrons. The minimum Gasteiger partial charge on any atom is -0.338 e. The quantitative estimate of drug-likeness (QED) is 0.883. The highest BCUT2D eigenvalue weighted by atomic mass is 16.2. The summed E-state index contributed by atoms with van der Waals surface area (Å²) in [6.07, 6.45) is 3.89. The van der Waals surface area contributed by atoms with Gasteiger partial charge in [-0.25, -0.2) is 9.48 Å². The Hall–Kier alpha value is -2.48. The van der Waals surface area contributed by atoms with Gasteiger partial charge in [0.15, 0.2) is 0 Å². The first-order chi connectivity index (χ1) is 11.2. The second-order valence-corrected chi connectivity index (χ2v) is 5.91. The summed E-state index contributed by atoms with van der Waals surface area (Å²) >= 11 is 0. The number of hydrogen-bond acceptors (Lipinski definition) is 5. The Kier molecular flexibility index (Phi) is 4.82. The lowest BCUT2D eigenvalue weighted by Crippen LogP contribution is -2.40. The van der Waals surface area contributed by atoms with Crippen molar-refractivity contribution >= 4 is 11.7 Å². The zero-order chi connectivity index (χ0) is 16.1. The Morgan fingerprint density at radius 3 is 2.87 bits per heavy atom. The van der Waals surface area contributed by atoms with Crippen molar-refractivity contribution in [1.29, 1.82) is 0 Å². The maximum atomic E-state index is 12.0. The summed E-state index contributed by atoms with van der Waals surface area (Å²) in [5.74, 6) is 0.529. The minimum atomic E-state index is -0.173. The topological polar surface area (TPSA) is 88.0 Å². The molecule has 0 unspecified atom stereocenters. The van der Waals surface area contributed by atoms with Crippen LogP contribution in [0.3, 0.4) is 0 Å². The van der Waals surface area contributed by atoms with Crippen molar-refractivity contribution in [3.63, 3.8) is 0 Å². The number of tetrazole rings is 1. The molecular weight excluding hydrogens is 294 g/mol. The molecule has 8 heteroatoms. The molecule has 3 rings (SSSR count). The van der Waals surface area contributed by atoms with Crippen LogP contribution in [0, 0.1) is 5.92 Å².